The molecule has 0 radical (unpaired) electrons. The summed E-state index contributed by atoms with van der Waals surface area (Å²) in [7, 11) is 1.57. The maximum atomic E-state index is 12.3. The fraction of sp³-hybridized carbons (Fsp3) is 0.0833. The number of nitrogens with one attached hydrogen (secondary N) is 1. The van der Waals surface area contributed by atoms with E-state index in [9.17, 15) is 4.79 Å². The molecule has 4 rings (SSSR count). The highest BCUT2D eigenvalue weighted by Crippen LogP contribution is 2.30. The molecule has 0 aliphatic rings. The summed E-state index contributed by atoms with van der Waals surface area (Å²) in [6.07, 6.45) is 3.15. The van der Waals surface area contributed by atoms with Crippen molar-refractivity contribution in [3.05, 3.63) is 87.9 Å². The van der Waals surface area contributed by atoms with E-state index in [4.69, 9.17) is 32.7 Å². The Balaban J connectivity index is 1.40. The van der Waals surface area contributed by atoms with Gasteiger partial charge < -0.3 is 9.47 Å². The van der Waals surface area contributed by atoms with Crippen LogP contribution in [-0.2, 0) is 11.4 Å². The molecule has 0 bridgehead atoms. The van der Waals surface area contributed by atoms with Gasteiger partial charge in [0.25, 0.3) is 0 Å². The molecule has 1 aromatic heterocycles. The van der Waals surface area contributed by atoms with Gasteiger partial charge in [-0.2, -0.15) is 0 Å². The molecule has 4 aromatic rings. The first-order valence-electron chi connectivity index (χ1n) is 9.60. The van der Waals surface area contributed by atoms with Crippen LogP contribution in [0.5, 0.6) is 11.5 Å². The van der Waals surface area contributed by atoms with E-state index >= 15 is 0 Å². The number of halogens is 2. The summed E-state index contributed by atoms with van der Waals surface area (Å²) in [5, 5.41) is 4.60. The summed E-state index contributed by atoms with van der Waals surface area (Å²) in [4.78, 5) is 16.7. The Morgan fingerprint density at radius 1 is 1.03 bits per heavy atom. The number of fused-ring (bicyclic) bond motifs is 1. The van der Waals surface area contributed by atoms with Crippen LogP contribution in [0.4, 0.5) is 5.13 Å². The summed E-state index contributed by atoms with van der Waals surface area (Å²) in [5.74, 6) is 0.902. The molecule has 1 N–H and O–H groups in total. The topological polar surface area (TPSA) is 60.5 Å². The smallest absolute Gasteiger partial charge is 0.250 e. The Kier molecular flexibility index (Phi) is 6.95. The molecule has 1 amide bonds. The summed E-state index contributed by atoms with van der Waals surface area (Å²) < 4.78 is 12.2. The molecule has 0 spiro atoms. The molecule has 0 fully saturated rings. The maximum absolute atomic E-state index is 12.3. The third kappa shape index (κ3) is 5.59. The average Bonchev–Trinajstić information content (AvgIpc) is 3.18. The van der Waals surface area contributed by atoms with Crippen LogP contribution < -0.4 is 14.8 Å². The lowest BCUT2D eigenvalue weighted by molar-refractivity contribution is -0.111. The molecular weight excluding hydrogens is 467 g/mol. The lowest BCUT2D eigenvalue weighted by Gasteiger charge is -2.11. The van der Waals surface area contributed by atoms with E-state index in [2.05, 4.69) is 10.3 Å². The Hall–Kier alpha value is -3.06. The van der Waals surface area contributed by atoms with Gasteiger partial charge in [-0.1, -0.05) is 52.7 Å². The van der Waals surface area contributed by atoms with Gasteiger partial charge in [-0.15, -0.1) is 0 Å². The number of rotatable bonds is 7. The maximum Gasteiger partial charge on any atom is 0.250 e. The minimum absolute atomic E-state index is 0.280. The average molecular weight is 485 g/mol. The van der Waals surface area contributed by atoms with Gasteiger partial charge in [-0.25, -0.2) is 4.98 Å². The molecule has 5 nitrogen and oxygen atoms in total. The molecule has 0 unspecified atom stereocenters. The highest BCUT2D eigenvalue weighted by atomic mass is 35.5. The molecule has 32 heavy (non-hydrogen) atoms. The van der Waals surface area contributed by atoms with Crippen LogP contribution in [0.1, 0.15) is 11.1 Å². The van der Waals surface area contributed by atoms with Gasteiger partial charge in [0.15, 0.2) is 16.6 Å². The number of benzene rings is 3. The van der Waals surface area contributed by atoms with Crippen LogP contribution in [0.15, 0.2) is 66.7 Å². The molecule has 0 atom stereocenters. The second-order valence-electron chi connectivity index (χ2n) is 6.78. The second-order valence-corrected chi connectivity index (χ2v) is 8.68. The monoisotopic (exact) mass is 484 g/mol. The van der Waals surface area contributed by atoms with Crippen molar-refractivity contribution in [1.82, 2.24) is 4.98 Å². The van der Waals surface area contributed by atoms with Crippen LogP contribution in [0.3, 0.4) is 0 Å². The number of carbonyl (C=O) groups is 1. The zero-order valence-electron chi connectivity index (χ0n) is 17.0. The number of anilines is 1. The van der Waals surface area contributed by atoms with E-state index in [1.165, 1.54) is 17.4 Å². The molecule has 8 heteroatoms. The normalized spacial score (nSPS) is 11.1. The third-order valence-electron chi connectivity index (χ3n) is 4.50. The van der Waals surface area contributed by atoms with Crippen LogP contribution in [0, 0.1) is 0 Å². The summed E-state index contributed by atoms with van der Waals surface area (Å²) in [6, 6.07) is 18.3. The summed E-state index contributed by atoms with van der Waals surface area (Å²) in [5.41, 5.74) is 2.58. The molecule has 1 heterocycles. The Morgan fingerprint density at radius 3 is 2.59 bits per heavy atom. The van der Waals surface area contributed by atoms with Crippen molar-refractivity contribution in [1.29, 1.82) is 0 Å². The van der Waals surface area contributed by atoms with Crippen LogP contribution >= 0.6 is 34.5 Å². The standard InChI is InChI=1S/C24H18Cl2N2O3S/c1-30-21-12-15(4-10-20(21)31-14-16-2-6-17(25)7-3-16)5-11-23(29)28-24-27-19-9-8-18(26)13-22(19)32-24/h2-13H,14H2,1H3,(H,27,28,29)/b11-5+. The van der Waals surface area contributed by atoms with Crippen LogP contribution in [0.25, 0.3) is 16.3 Å². The molecule has 162 valence electrons. The second kappa shape index (κ2) is 10.0. The molecule has 3 aromatic carbocycles. The molecule has 0 saturated carbocycles. The van der Waals surface area contributed by atoms with Gasteiger partial charge in [0, 0.05) is 16.1 Å². The number of carbonyl (C=O) groups excluding carboxylic acids is 1. The fourth-order valence-electron chi connectivity index (χ4n) is 2.92. The summed E-state index contributed by atoms with van der Waals surface area (Å²) >= 11 is 13.3. The van der Waals surface area contributed by atoms with Crippen molar-refractivity contribution in [2.45, 2.75) is 6.61 Å². The molecule has 0 saturated heterocycles. The Bertz CT molecular complexity index is 1290. The van der Waals surface area contributed by atoms with Gasteiger partial charge in [0.1, 0.15) is 6.61 Å². The quantitative estimate of drug-likeness (QED) is 0.291. The number of ether oxygens (including phenoxy) is 2. The van der Waals surface area contributed by atoms with E-state index in [1.54, 1.807) is 25.3 Å². The Labute approximate surface area is 199 Å². The lowest BCUT2D eigenvalue weighted by atomic mass is 10.2. The molecule has 0 aliphatic carbocycles. The number of methoxy groups -OCH3 is 1. The van der Waals surface area contributed by atoms with Crippen molar-refractivity contribution in [2.24, 2.45) is 0 Å². The van der Waals surface area contributed by atoms with Gasteiger partial charge >= 0.3 is 0 Å². The van der Waals surface area contributed by atoms with Crippen molar-refractivity contribution in [2.75, 3.05) is 12.4 Å². The van der Waals surface area contributed by atoms with Crippen molar-refractivity contribution >= 4 is 61.9 Å². The number of hydrogen-bond acceptors (Lipinski definition) is 5. The van der Waals surface area contributed by atoms with Crippen LogP contribution in [0.2, 0.25) is 10.0 Å². The predicted molar refractivity (Wildman–Crippen MR) is 131 cm³/mol. The Morgan fingerprint density at radius 2 is 1.81 bits per heavy atom. The third-order valence-corrected chi connectivity index (χ3v) is 5.92. The minimum atomic E-state index is -0.280. The van der Waals surface area contributed by atoms with Gasteiger partial charge in [0.2, 0.25) is 5.91 Å². The van der Waals surface area contributed by atoms with Gasteiger partial charge in [-0.05, 0) is 59.7 Å². The number of amides is 1. The molecule has 0 aliphatic heterocycles. The van der Waals surface area contributed by atoms with E-state index < -0.39 is 0 Å². The highest BCUT2D eigenvalue weighted by molar-refractivity contribution is 7.22. The molecular formula is C24H18Cl2N2O3S. The van der Waals surface area contributed by atoms with E-state index in [0.717, 1.165) is 21.3 Å². The largest absolute Gasteiger partial charge is 0.493 e. The zero-order valence-corrected chi connectivity index (χ0v) is 19.3. The first-order valence-corrected chi connectivity index (χ1v) is 11.2. The van der Waals surface area contributed by atoms with E-state index in [1.807, 2.05) is 48.5 Å². The van der Waals surface area contributed by atoms with Crippen LogP contribution in [-0.4, -0.2) is 18.0 Å². The first kappa shape index (κ1) is 22.1. The van der Waals surface area contributed by atoms with Crippen molar-refractivity contribution in [3.63, 3.8) is 0 Å². The predicted octanol–water partition coefficient (Wildman–Crippen LogP) is 6.84. The minimum Gasteiger partial charge on any atom is -0.493 e. The lowest BCUT2D eigenvalue weighted by Crippen LogP contribution is -2.07. The zero-order chi connectivity index (χ0) is 22.5. The number of thiazole rings is 1. The van der Waals surface area contributed by atoms with Gasteiger partial charge in [-0.3, -0.25) is 10.1 Å². The summed E-state index contributed by atoms with van der Waals surface area (Å²) in [6.45, 7) is 0.387. The fourth-order valence-corrected chi connectivity index (χ4v) is 4.19. The van der Waals surface area contributed by atoms with Gasteiger partial charge in [0.05, 0.1) is 17.3 Å². The van der Waals surface area contributed by atoms with E-state index in [0.29, 0.717) is 33.3 Å². The number of hydrogen-bond donors (Lipinski definition) is 1. The first-order chi connectivity index (χ1) is 15.5. The SMILES string of the molecule is COc1cc(/C=C/C(=O)Nc2nc3ccc(Cl)cc3s2)ccc1OCc1ccc(Cl)cc1. The highest BCUT2D eigenvalue weighted by Gasteiger charge is 2.08. The van der Waals surface area contributed by atoms with Crippen molar-refractivity contribution < 1.29 is 14.3 Å². The van der Waals surface area contributed by atoms with Crippen molar-refractivity contribution in [3.8, 4) is 11.5 Å². The number of aromatic nitrogens is 1. The number of nitrogens with zero attached hydrogens (tertiary/aromatic N) is 1. The van der Waals surface area contributed by atoms with E-state index in [-0.39, 0.29) is 5.91 Å².